The summed E-state index contributed by atoms with van der Waals surface area (Å²) in [6.07, 6.45) is 3.60. The van der Waals surface area contributed by atoms with Crippen molar-refractivity contribution in [2.24, 2.45) is 0 Å². The van der Waals surface area contributed by atoms with Crippen LogP contribution in [-0.2, 0) is 6.42 Å². The monoisotopic (exact) mass is 147 g/mol. The zero-order valence-corrected chi connectivity index (χ0v) is 6.38. The molecular weight excluding hydrogens is 136 g/mol. The molecule has 0 aromatic heterocycles. The Hall–Kier alpha value is -0.820. The van der Waals surface area contributed by atoms with Crippen molar-refractivity contribution in [1.29, 1.82) is 0 Å². The molecule has 0 aliphatic heterocycles. The summed E-state index contributed by atoms with van der Waals surface area (Å²) in [6, 6.07) is 8.08. The number of rotatable bonds is 0. The lowest BCUT2D eigenvalue weighted by Crippen LogP contribution is -2.08. The normalized spacial score (nSPS) is 17.9. The Bertz CT molecular complexity index is 255. The predicted molar refractivity (Wildman–Crippen MR) is 43.7 cm³/mol. The van der Waals surface area contributed by atoms with Gasteiger partial charge in [0, 0.05) is 0 Å². The highest BCUT2D eigenvalue weighted by molar-refractivity contribution is 5.37. The molecule has 0 fully saturated rings. The Labute approximate surface area is 66.7 Å². The summed E-state index contributed by atoms with van der Waals surface area (Å²) < 4.78 is 0. The Morgan fingerprint density at radius 1 is 1.09 bits per heavy atom. The molecule has 1 heteroatoms. The average molecular weight is 147 g/mol. The van der Waals surface area contributed by atoms with E-state index in [-0.39, 0.29) is 0 Å². The lowest BCUT2D eigenvalue weighted by atomic mass is 9.90. The highest BCUT2D eigenvalue weighted by Gasteiger charge is 2.17. The fourth-order valence-electron chi connectivity index (χ4n) is 1.60. The van der Waals surface area contributed by atoms with Crippen LogP contribution in [-0.4, -0.2) is 5.11 Å². The zero-order chi connectivity index (χ0) is 7.68. The van der Waals surface area contributed by atoms with E-state index in [1.54, 1.807) is 0 Å². The van der Waals surface area contributed by atoms with Gasteiger partial charge in [0.2, 0.25) is 0 Å². The number of hydrogen-bond acceptors (Lipinski definition) is 1. The quantitative estimate of drug-likeness (QED) is 0.596. The van der Waals surface area contributed by atoms with E-state index >= 15 is 0 Å². The van der Waals surface area contributed by atoms with Crippen molar-refractivity contribution in [3.8, 4) is 0 Å². The second kappa shape index (κ2) is 2.67. The molecule has 0 spiro atoms. The van der Waals surface area contributed by atoms with E-state index in [1.807, 2.05) is 18.2 Å². The van der Waals surface area contributed by atoms with Gasteiger partial charge >= 0.3 is 0 Å². The van der Waals surface area contributed by atoms with Crippen LogP contribution in [0.25, 0.3) is 0 Å². The summed E-state index contributed by atoms with van der Waals surface area (Å²) in [6.45, 7) is 0. The van der Waals surface area contributed by atoms with Crippen molar-refractivity contribution in [3.05, 3.63) is 41.5 Å². The predicted octanol–water partition coefficient (Wildman–Crippen LogP) is 2.28. The lowest BCUT2D eigenvalue weighted by Gasteiger charge is -2.19. The van der Waals surface area contributed by atoms with E-state index in [4.69, 9.17) is 0 Å². The highest BCUT2D eigenvalue weighted by atomic mass is 16.3. The molecule has 11 heavy (non-hydrogen) atoms. The first kappa shape index (κ1) is 6.86. The number of benzene rings is 1. The molecule has 57 valence electrons. The maximum atomic E-state index is 9.48. The molecule has 0 amide bonds. The van der Waals surface area contributed by atoms with E-state index in [9.17, 15) is 5.11 Å². The minimum absolute atomic E-state index is 0.562. The Morgan fingerprint density at radius 3 is 2.73 bits per heavy atom. The van der Waals surface area contributed by atoms with Crippen LogP contribution >= 0.6 is 0 Å². The van der Waals surface area contributed by atoms with Crippen molar-refractivity contribution in [2.75, 3.05) is 0 Å². The first-order valence-electron chi connectivity index (χ1n) is 4.01. The number of aryl methyl sites for hydroxylation is 1. The number of hydrogen-bond donors (Lipinski definition) is 1. The molecule has 2 rings (SSSR count). The Kier molecular flexibility index (Phi) is 1.66. The zero-order valence-electron chi connectivity index (χ0n) is 6.38. The van der Waals surface area contributed by atoms with Crippen LogP contribution in [0.15, 0.2) is 24.3 Å². The van der Waals surface area contributed by atoms with Crippen molar-refractivity contribution in [1.82, 2.24) is 0 Å². The minimum Gasteiger partial charge on any atom is -0.382 e. The molecule has 0 heterocycles. The molecule has 0 saturated carbocycles. The third kappa shape index (κ3) is 1.16. The number of aliphatic hydroxyl groups excluding tert-OH is 1. The molecule has 0 unspecified atom stereocenters. The topological polar surface area (TPSA) is 20.2 Å². The third-order valence-corrected chi connectivity index (χ3v) is 2.19. The maximum absolute atomic E-state index is 9.48. The second-order valence-electron chi connectivity index (χ2n) is 2.96. The van der Waals surface area contributed by atoms with Gasteiger partial charge < -0.3 is 5.11 Å². The van der Waals surface area contributed by atoms with Crippen LogP contribution in [0.3, 0.4) is 0 Å². The molecule has 1 aliphatic carbocycles. The van der Waals surface area contributed by atoms with Gasteiger partial charge in [-0.05, 0) is 30.4 Å². The molecule has 1 aromatic rings. The van der Waals surface area contributed by atoms with E-state index in [0.29, 0.717) is 6.10 Å². The van der Waals surface area contributed by atoms with Crippen molar-refractivity contribution in [2.45, 2.75) is 19.3 Å². The fourth-order valence-corrected chi connectivity index (χ4v) is 1.60. The van der Waals surface area contributed by atoms with E-state index in [2.05, 4.69) is 6.07 Å². The van der Waals surface area contributed by atoms with Gasteiger partial charge in [-0.15, -0.1) is 0 Å². The number of fused-ring (bicyclic) bond motifs is 1. The standard InChI is InChI=1S/C10H11O/c11-10-7-3-5-8-4-1-2-6-9(8)10/h1-2,4,6,11H,3,5,7H2. The molecule has 1 aromatic carbocycles. The van der Waals surface area contributed by atoms with E-state index in [0.717, 1.165) is 24.8 Å². The first-order chi connectivity index (χ1) is 5.38. The SMILES string of the molecule is O[C]1CCCc2ccccc21. The molecule has 1 N–H and O–H groups in total. The van der Waals surface area contributed by atoms with Gasteiger partial charge in [0.25, 0.3) is 0 Å². The van der Waals surface area contributed by atoms with Gasteiger partial charge in [0.1, 0.15) is 6.10 Å². The largest absolute Gasteiger partial charge is 0.382 e. The van der Waals surface area contributed by atoms with Gasteiger partial charge in [-0.3, -0.25) is 0 Å². The summed E-state index contributed by atoms with van der Waals surface area (Å²) in [5, 5.41) is 9.48. The second-order valence-corrected chi connectivity index (χ2v) is 2.96. The molecule has 0 bridgehead atoms. The summed E-state index contributed by atoms with van der Waals surface area (Å²) in [7, 11) is 0. The Balaban J connectivity index is 2.44. The maximum Gasteiger partial charge on any atom is 0.123 e. The van der Waals surface area contributed by atoms with Crippen molar-refractivity contribution >= 4 is 0 Å². The molecule has 1 nitrogen and oxygen atoms in total. The van der Waals surface area contributed by atoms with E-state index in [1.165, 1.54) is 5.56 Å². The third-order valence-electron chi connectivity index (χ3n) is 2.19. The molecule has 0 saturated heterocycles. The molecular formula is C10H11O. The molecule has 0 atom stereocenters. The van der Waals surface area contributed by atoms with Crippen LogP contribution in [0.1, 0.15) is 24.0 Å². The van der Waals surface area contributed by atoms with Gasteiger partial charge in [-0.1, -0.05) is 24.3 Å². The van der Waals surface area contributed by atoms with Gasteiger partial charge in [0.15, 0.2) is 0 Å². The van der Waals surface area contributed by atoms with Crippen LogP contribution in [0.5, 0.6) is 0 Å². The smallest absolute Gasteiger partial charge is 0.123 e. The average Bonchev–Trinajstić information content (AvgIpc) is 2.06. The van der Waals surface area contributed by atoms with Crippen LogP contribution < -0.4 is 0 Å². The highest BCUT2D eigenvalue weighted by Crippen LogP contribution is 2.27. The number of aliphatic hydroxyl groups is 1. The summed E-state index contributed by atoms with van der Waals surface area (Å²) >= 11 is 0. The van der Waals surface area contributed by atoms with Crippen molar-refractivity contribution in [3.63, 3.8) is 0 Å². The van der Waals surface area contributed by atoms with Crippen LogP contribution in [0.2, 0.25) is 0 Å². The van der Waals surface area contributed by atoms with Gasteiger partial charge in [0.05, 0.1) is 0 Å². The minimum atomic E-state index is 0.562. The summed E-state index contributed by atoms with van der Waals surface area (Å²) in [4.78, 5) is 0. The molecule has 1 aliphatic rings. The fraction of sp³-hybridized carbons (Fsp3) is 0.300. The Morgan fingerprint density at radius 2 is 1.91 bits per heavy atom. The lowest BCUT2D eigenvalue weighted by molar-refractivity contribution is 0.300. The van der Waals surface area contributed by atoms with Crippen LogP contribution in [0.4, 0.5) is 0 Å². The first-order valence-corrected chi connectivity index (χ1v) is 4.01. The van der Waals surface area contributed by atoms with E-state index < -0.39 is 0 Å². The summed E-state index contributed by atoms with van der Waals surface area (Å²) in [5.41, 5.74) is 2.34. The molecule has 1 radical (unpaired) electrons. The van der Waals surface area contributed by atoms with Gasteiger partial charge in [-0.2, -0.15) is 0 Å². The van der Waals surface area contributed by atoms with Crippen molar-refractivity contribution < 1.29 is 5.11 Å². The van der Waals surface area contributed by atoms with Crippen LogP contribution in [0, 0.1) is 6.10 Å². The van der Waals surface area contributed by atoms with Gasteiger partial charge in [-0.25, -0.2) is 0 Å². The summed E-state index contributed by atoms with van der Waals surface area (Å²) in [5.74, 6) is 0.